The van der Waals surface area contributed by atoms with Gasteiger partial charge in [0.1, 0.15) is 0 Å². The summed E-state index contributed by atoms with van der Waals surface area (Å²) in [6.07, 6.45) is 0. The van der Waals surface area contributed by atoms with Crippen LogP contribution in [0.25, 0.3) is 0 Å². The third kappa shape index (κ3) is 6.04. The summed E-state index contributed by atoms with van der Waals surface area (Å²) in [4.78, 5) is 13.7. The molecule has 1 amide bonds. The van der Waals surface area contributed by atoms with Crippen molar-refractivity contribution in [2.75, 3.05) is 34.4 Å². The molecule has 0 saturated carbocycles. The molecular formula is C16H26N2O3. The largest absolute Gasteiger partial charge is 0.493 e. The van der Waals surface area contributed by atoms with Gasteiger partial charge in [-0.3, -0.25) is 9.69 Å². The van der Waals surface area contributed by atoms with Crippen molar-refractivity contribution >= 4 is 5.91 Å². The van der Waals surface area contributed by atoms with Crippen LogP contribution < -0.4 is 14.8 Å². The topological polar surface area (TPSA) is 50.8 Å². The van der Waals surface area contributed by atoms with Gasteiger partial charge in [0, 0.05) is 13.1 Å². The molecule has 0 heterocycles. The molecule has 0 aliphatic heterocycles. The summed E-state index contributed by atoms with van der Waals surface area (Å²) in [5.41, 5.74) is 1.08. The molecule has 0 aliphatic rings. The Labute approximate surface area is 127 Å². The van der Waals surface area contributed by atoms with Gasteiger partial charge < -0.3 is 14.8 Å². The highest BCUT2D eigenvalue weighted by molar-refractivity contribution is 5.77. The second-order valence-corrected chi connectivity index (χ2v) is 5.56. The van der Waals surface area contributed by atoms with Crippen LogP contribution in [0.2, 0.25) is 0 Å². The van der Waals surface area contributed by atoms with Crippen LogP contribution in [0, 0.1) is 5.92 Å². The zero-order chi connectivity index (χ0) is 15.8. The van der Waals surface area contributed by atoms with E-state index < -0.39 is 0 Å². The SMILES string of the molecule is COc1ccc(CN(C)CC(=O)NCC(C)C)cc1OC. The number of methoxy groups -OCH3 is 2. The predicted octanol–water partition coefficient (Wildman–Crippen LogP) is 1.91. The first-order chi connectivity index (χ1) is 9.96. The maximum Gasteiger partial charge on any atom is 0.234 e. The Balaban J connectivity index is 2.54. The van der Waals surface area contributed by atoms with Gasteiger partial charge in [0.05, 0.1) is 20.8 Å². The number of hydrogen-bond acceptors (Lipinski definition) is 4. The first-order valence-electron chi connectivity index (χ1n) is 7.12. The molecule has 0 fully saturated rings. The van der Waals surface area contributed by atoms with Gasteiger partial charge in [-0.2, -0.15) is 0 Å². The minimum atomic E-state index is 0.0478. The number of nitrogens with zero attached hydrogens (tertiary/aromatic N) is 1. The number of ether oxygens (including phenoxy) is 2. The standard InChI is InChI=1S/C16H26N2O3/c1-12(2)9-17-16(19)11-18(3)10-13-6-7-14(20-4)15(8-13)21-5/h6-8,12H,9-11H2,1-5H3,(H,17,19). The smallest absolute Gasteiger partial charge is 0.234 e. The average Bonchev–Trinajstić information content (AvgIpc) is 2.44. The summed E-state index contributed by atoms with van der Waals surface area (Å²) < 4.78 is 10.5. The minimum absolute atomic E-state index is 0.0478. The summed E-state index contributed by atoms with van der Waals surface area (Å²) >= 11 is 0. The van der Waals surface area contributed by atoms with Crippen molar-refractivity contribution in [3.63, 3.8) is 0 Å². The van der Waals surface area contributed by atoms with Crippen LogP contribution in [0.1, 0.15) is 19.4 Å². The fraction of sp³-hybridized carbons (Fsp3) is 0.562. The number of rotatable bonds is 8. The fourth-order valence-electron chi connectivity index (χ4n) is 1.97. The Morgan fingerprint density at radius 3 is 2.48 bits per heavy atom. The van der Waals surface area contributed by atoms with E-state index in [-0.39, 0.29) is 5.91 Å². The molecule has 5 nitrogen and oxygen atoms in total. The van der Waals surface area contributed by atoms with Crippen LogP contribution >= 0.6 is 0 Å². The van der Waals surface area contributed by atoms with Gasteiger partial charge in [-0.05, 0) is 30.7 Å². The molecule has 118 valence electrons. The lowest BCUT2D eigenvalue weighted by Crippen LogP contribution is -2.36. The van der Waals surface area contributed by atoms with Gasteiger partial charge >= 0.3 is 0 Å². The van der Waals surface area contributed by atoms with E-state index in [1.54, 1.807) is 14.2 Å². The van der Waals surface area contributed by atoms with E-state index in [1.807, 2.05) is 30.1 Å². The third-order valence-electron chi connectivity index (χ3n) is 3.02. The predicted molar refractivity (Wildman–Crippen MR) is 83.7 cm³/mol. The molecule has 1 aromatic rings. The quantitative estimate of drug-likeness (QED) is 0.796. The van der Waals surface area contributed by atoms with E-state index in [9.17, 15) is 4.79 Å². The van der Waals surface area contributed by atoms with Crippen molar-refractivity contribution in [1.82, 2.24) is 10.2 Å². The van der Waals surface area contributed by atoms with E-state index >= 15 is 0 Å². The Hall–Kier alpha value is -1.75. The maximum atomic E-state index is 11.8. The van der Waals surface area contributed by atoms with Crippen molar-refractivity contribution in [2.24, 2.45) is 5.92 Å². The first kappa shape index (κ1) is 17.3. The van der Waals surface area contributed by atoms with Gasteiger partial charge in [0.15, 0.2) is 11.5 Å². The molecule has 0 bridgehead atoms. The summed E-state index contributed by atoms with van der Waals surface area (Å²) in [5.74, 6) is 1.92. The Morgan fingerprint density at radius 1 is 1.24 bits per heavy atom. The van der Waals surface area contributed by atoms with E-state index in [1.165, 1.54) is 0 Å². The van der Waals surface area contributed by atoms with Gasteiger partial charge in [0.25, 0.3) is 0 Å². The van der Waals surface area contributed by atoms with Crippen LogP contribution in [0.4, 0.5) is 0 Å². The summed E-state index contributed by atoms with van der Waals surface area (Å²) in [5, 5.41) is 2.91. The van der Waals surface area contributed by atoms with Crippen LogP contribution in [-0.2, 0) is 11.3 Å². The normalized spacial score (nSPS) is 10.8. The summed E-state index contributed by atoms with van der Waals surface area (Å²) in [6.45, 7) is 5.92. The molecule has 0 spiro atoms. The first-order valence-corrected chi connectivity index (χ1v) is 7.12. The average molecular weight is 294 g/mol. The van der Waals surface area contributed by atoms with Crippen molar-refractivity contribution in [1.29, 1.82) is 0 Å². The summed E-state index contributed by atoms with van der Waals surface area (Å²) in [6, 6.07) is 5.78. The van der Waals surface area contributed by atoms with Crippen LogP contribution in [-0.4, -0.2) is 45.2 Å². The molecule has 0 aliphatic carbocycles. The van der Waals surface area contributed by atoms with E-state index in [0.717, 1.165) is 5.56 Å². The third-order valence-corrected chi connectivity index (χ3v) is 3.02. The molecule has 1 N–H and O–H groups in total. The Bertz CT molecular complexity index is 461. The van der Waals surface area contributed by atoms with Crippen molar-refractivity contribution in [2.45, 2.75) is 20.4 Å². The lowest BCUT2D eigenvalue weighted by molar-refractivity contribution is -0.122. The molecule has 0 saturated heterocycles. The second kappa shape index (κ2) is 8.52. The maximum absolute atomic E-state index is 11.8. The molecule has 1 aromatic carbocycles. The zero-order valence-corrected chi connectivity index (χ0v) is 13.6. The number of benzene rings is 1. The van der Waals surface area contributed by atoms with E-state index in [2.05, 4.69) is 19.2 Å². The number of likely N-dealkylation sites (N-methyl/N-ethyl adjacent to an activating group) is 1. The zero-order valence-electron chi connectivity index (χ0n) is 13.6. The van der Waals surface area contributed by atoms with Crippen molar-refractivity contribution < 1.29 is 14.3 Å². The van der Waals surface area contributed by atoms with Gasteiger partial charge in [0.2, 0.25) is 5.91 Å². The molecule has 5 heteroatoms. The van der Waals surface area contributed by atoms with Crippen molar-refractivity contribution in [3.05, 3.63) is 23.8 Å². The molecule has 0 atom stereocenters. The van der Waals surface area contributed by atoms with E-state index in [0.29, 0.717) is 37.1 Å². The van der Waals surface area contributed by atoms with Crippen molar-refractivity contribution in [3.8, 4) is 11.5 Å². The lowest BCUT2D eigenvalue weighted by Gasteiger charge is -2.18. The summed E-state index contributed by atoms with van der Waals surface area (Å²) in [7, 11) is 5.15. The Morgan fingerprint density at radius 2 is 1.90 bits per heavy atom. The highest BCUT2D eigenvalue weighted by Crippen LogP contribution is 2.27. The fourth-order valence-corrected chi connectivity index (χ4v) is 1.97. The molecular weight excluding hydrogens is 268 g/mol. The number of hydrogen-bond donors (Lipinski definition) is 1. The minimum Gasteiger partial charge on any atom is -0.493 e. The monoisotopic (exact) mass is 294 g/mol. The number of carbonyl (C=O) groups is 1. The second-order valence-electron chi connectivity index (χ2n) is 5.56. The number of amides is 1. The van der Waals surface area contributed by atoms with Crippen LogP contribution in [0.5, 0.6) is 11.5 Å². The van der Waals surface area contributed by atoms with Gasteiger partial charge in [-0.25, -0.2) is 0 Å². The van der Waals surface area contributed by atoms with Gasteiger partial charge in [-0.1, -0.05) is 19.9 Å². The molecule has 1 rings (SSSR count). The molecule has 0 unspecified atom stereocenters. The van der Waals surface area contributed by atoms with Crippen LogP contribution in [0.3, 0.4) is 0 Å². The molecule has 0 aromatic heterocycles. The number of carbonyl (C=O) groups excluding carboxylic acids is 1. The Kier molecular flexibility index (Phi) is 7.02. The number of nitrogens with one attached hydrogen (secondary N) is 1. The lowest BCUT2D eigenvalue weighted by atomic mass is 10.2. The van der Waals surface area contributed by atoms with E-state index in [4.69, 9.17) is 9.47 Å². The highest BCUT2D eigenvalue weighted by Gasteiger charge is 2.10. The van der Waals surface area contributed by atoms with Gasteiger partial charge in [-0.15, -0.1) is 0 Å². The molecule has 21 heavy (non-hydrogen) atoms. The van der Waals surface area contributed by atoms with Crippen LogP contribution in [0.15, 0.2) is 18.2 Å². The molecule has 0 radical (unpaired) electrons. The highest BCUT2D eigenvalue weighted by atomic mass is 16.5.